The van der Waals surface area contributed by atoms with Crippen LogP contribution in [0.1, 0.15) is 10.4 Å². The number of benzene rings is 2. The minimum Gasteiger partial charge on any atom is -0.507 e. The zero-order chi connectivity index (χ0) is 18.0. The van der Waals surface area contributed by atoms with E-state index in [4.69, 9.17) is 0 Å². The van der Waals surface area contributed by atoms with Crippen LogP contribution < -0.4 is 0 Å². The highest BCUT2D eigenvalue weighted by Gasteiger charge is 2.31. The molecule has 1 aliphatic rings. The summed E-state index contributed by atoms with van der Waals surface area (Å²) in [5.41, 5.74) is 0.228. The van der Waals surface area contributed by atoms with E-state index in [-0.39, 0.29) is 48.3 Å². The van der Waals surface area contributed by atoms with Gasteiger partial charge >= 0.3 is 0 Å². The first kappa shape index (κ1) is 17.9. The fraction of sp³-hybridized carbons (Fsp3) is 0.235. The molecule has 1 heterocycles. The molecule has 8 heteroatoms. The molecular formula is C17H17BrN2O4S. The van der Waals surface area contributed by atoms with E-state index < -0.39 is 10.0 Å². The quantitative estimate of drug-likeness (QED) is 0.819. The predicted molar refractivity (Wildman–Crippen MR) is 96.9 cm³/mol. The van der Waals surface area contributed by atoms with Gasteiger partial charge in [-0.3, -0.25) is 4.79 Å². The largest absolute Gasteiger partial charge is 0.507 e. The molecule has 1 aliphatic heterocycles. The smallest absolute Gasteiger partial charge is 0.257 e. The molecule has 3 rings (SSSR count). The third-order valence-electron chi connectivity index (χ3n) is 4.09. The Balaban J connectivity index is 1.72. The first-order valence-electron chi connectivity index (χ1n) is 7.72. The van der Waals surface area contributed by atoms with Gasteiger partial charge < -0.3 is 10.0 Å². The van der Waals surface area contributed by atoms with Crippen molar-refractivity contribution >= 4 is 31.9 Å². The van der Waals surface area contributed by atoms with Gasteiger partial charge in [-0.25, -0.2) is 8.42 Å². The summed E-state index contributed by atoms with van der Waals surface area (Å²) >= 11 is 3.28. The molecule has 0 atom stereocenters. The number of aromatic hydroxyl groups is 1. The third-order valence-corrected chi connectivity index (χ3v) is 6.48. The van der Waals surface area contributed by atoms with Crippen LogP contribution in [0.25, 0.3) is 0 Å². The molecule has 0 radical (unpaired) electrons. The molecule has 6 nitrogen and oxygen atoms in total. The number of nitrogens with zero attached hydrogens (tertiary/aromatic N) is 2. The number of para-hydroxylation sites is 1. The Bertz CT molecular complexity index is 893. The Morgan fingerprint density at radius 2 is 1.68 bits per heavy atom. The number of phenols is 1. The first-order chi connectivity index (χ1) is 11.9. The van der Waals surface area contributed by atoms with Gasteiger partial charge in [-0.1, -0.05) is 34.1 Å². The van der Waals surface area contributed by atoms with Gasteiger partial charge in [0.25, 0.3) is 5.91 Å². The Hall–Kier alpha value is -1.90. The zero-order valence-corrected chi connectivity index (χ0v) is 15.7. The van der Waals surface area contributed by atoms with Crippen molar-refractivity contribution in [2.75, 3.05) is 26.2 Å². The number of piperazine rings is 1. The first-order valence-corrected chi connectivity index (χ1v) is 9.96. The van der Waals surface area contributed by atoms with E-state index in [1.807, 2.05) is 0 Å². The van der Waals surface area contributed by atoms with Crippen LogP contribution >= 0.6 is 15.9 Å². The fourth-order valence-corrected chi connectivity index (χ4v) is 4.75. The van der Waals surface area contributed by atoms with Crippen LogP contribution in [0.15, 0.2) is 57.9 Å². The van der Waals surface area contributed by atoms with Crippen molar-refractivity contribution in [1.29, 1.82) is 0 Å². The third kappa shape index (κ3) is 3.70. The maximum atomic E-state index is 12.7. The number of carbonyl (C=O) groups is 1. The molecule has 1 fully saturated rings. The second-order valence-electron chi connectivity index (χ2n) is 5.67. The van der Waals surface area contributed by atoms with Gasteiger partial charge in [0, 0.05) is 30.7 Å². The average molecular weight is 425 g/mol. The van der Waals surface area contributed by atoms with Crippen molar-refractivity contribution in [2.24, 2.45) is 0 Å². The monoisotopic (exact) mass is 424 g/mol. The summed E-state index contributed by atoms with van der Waals surface area (Å²) in [6.45, 7) is 0.989. The average Bonchev–Trinajstić information content (AvgIpc) is 2.62. The van der Waals surface area contributed by atoms with Gasteiger partial charge in [-0.05, 0) is 30.3 Å². The Morgan fingerprint density at radius 3 is 2.32 bits per heavy atom. The lowest BCUT2D eigenvalue weighted by molar-refractivity contribution is 0.0695. The highest BCUT2D eigenvalue weighted by atomic mass is 79.9. The number of hydrogen-bond acceptors (Lipinski definition) is 4. The van der Waals surface area contributed by atoms with Crippen LogP contribution in [0, 0.1) is 0 Å². The molecule has 0 saturated carbocycles. The normalized spacial score (nSPS) is 16.0. The van der Waals surface area contributed by atoms with Gasteiger partial charge in [0.05, 0.1) is 10.5 Å². The van der Waals surface area contributed by atoms with Crippen molar-refractivity contribution in [1.82, 2.24) is 9.21 Å². The zero-order valence-electron chi connectivity index (χ0n) is 13.3. The second kappa shape index (κ2) is 7.15. The number of sulfonamides is 1. The van der Waals surface area contributed by atoms with E-state index in [0.717, 1.165) is 0 Å². The molecule has 0 bridgehead atoms. The van der Waals surface area contributed by atoms with E-state index in [1.165, 1.54) is 10.4 Å². The molecule has 0 unspecified atom stereocenters. The van der Waals surface area contributed by atoms with Crippen LogP contribution in [0.3, 0.4) is 0 Å². The minimum absolute atomic E-state index is 0.0725. The lowest BCUT2D eigenvalue weighted by atomic mass is 10.1. The van der Waals surface area contributed by atoms with Crippen molar-refractivity contribution in [3.05, 3.63) is 58.6 Å². The summed E-state index contributed by atoms with van der Waals surface area (Å²) in [6.07, 6.45) is 0. The fourth-order valence-electron chi connectivity index (χ4n) is 2.73. The number of halogens is 1. The summed E-state index contributed by atoms with van der Waals surface area (Å²) in [4.78, 5) is 14.3. The van der Waals surface area contributed by atoms with Gasteiger partial charge in [-0.2, -0.15) is 4.31 Å². The summed E-state index contributed by atoms with van der Waals surface area (Å²) in [5.74, 6) is -0.366. The topological polar surface area (TPSA) is 77.9 Å². The lowest BCUT2D eigenvalue weighted by Crippen LogP contribution is -2.50. The van der Waals surface area contributed by atoms with Gasteiger partial charge in [0.1, 0.15) is 5.75 Å². The Morgan fingerprint density at radius 1 is 1.00 bits per heavy atom. The maximum absolute atomic E-state index is 12.7. The van der Waals surface area contributed by atoms with Crippen LogP contribution in [-0.4, -0.2) is 54.8 Å². The summed E-state index contributed by atoms with van der Waals surface area (Å²) < 4.78 is 27.5. The number of hydrogen-bond donors (Lipinski definition) is 1. The highest BCUT2D eigenvalue weighted by Crippen LogP contribution is 2.23. The summed E-state index contributed by atoms with van der Waals surface area (Å²) in [5, 5.41) is 9.81. The molecule has 0 spiro atoms. The van der Waals surface area contributed by atoms with Crippen molar-refractivity contribution in [3.63, 3.8) is 0 Å². The number of rotatable bonds is 3. The van der Waals surface area contributed by atoms with Crippen LogP contribution in [0.5, 0.6) is 5.75 Å². The molecule has 1 amide bonds. The van der Waals surface area contributed by atoms with E-state index in [9.17, 15) is 18.3 Å². The number of amides is 1. The minimum atomic E-state index is -3.59. The van der Waals surface area contributed by atoms with Crippen LogP contribution in [0.4, 0.5) is 0 Å². The van der Waals surface area contributed by atoms with Gasteiger partial charge in [0.2, 0.25) is 10.0 Å². The maximum Gasteiger partial charge on any atom is 0.257 e. The molecule has 1 saturated heterocycles. The Labute approximate surface area is 154 Å². The van der Waals surface area contributed by atoms with Crippen molar-refractivity contribution < 1.29 is 18.3 Å². The molecule has 2 aromatic rings. The van der Waals surface area contributed by atoms with Crippen molar-refractivity contribution in [3.8, 4) is 5.75 Å². The number of phenolic OH excluding ortho intramolecular Hbond substituents is 1. The molecular weight excluding hydrogens is 408 g/mol. The van der Waals surface area contributed by atoms with E-state index in [1.54, 1.807) is 47.4 Å². The molecule has 0 aliphatic carbocycles. The van der Waals surface area contributed by atoms with Gasteiger partial charge in [0.15, 0.2) is 0 Å². The van der Waals surface area contributed by atoms with Gasteiger partial charge in [-0.15, -0.1) is 0 Å². The highest BCUT2D eigenvalue weighted by molar-refractivity contribution is 9.10. The number of carbonyl (C=O) groups excluding carboxylic acids is 1. The summed E-state index contributed by atoms with van der Waals surface area (Å²) in [6, 6.07) is 12.9. The molecule has 0 aromatic heterocycles. The van der Waals surface area contributed by atoms with Crippen LogP contribution in [-0.2, 0) is 10.0 Å². The molecule has 1 N–H and O–H groups in total. The van der Waals surface area contributed by atoms with Crippen molar-refractivity contribution in [2.45, 2.75) is 4.90 Å². The summed E-state index contributed by atoms with van der Waals surface area (Å²) in [7, 11) is -3.59. The van der Waals surface area contributed by atoms with Crippen LogP contribution in [0.2, 0.25) is 0 Å². The second-order valence-corrected chi connectivity index (χ2v) is 8.52. The standard InChI is InChI=1S/C17H17BrN2O4S/c18-13-4-3-5-14(12-13)25(23,24)20-10-8-19(9-11-20)17(22)15-6-1-2-7-16(15)21/h1-7,12,21H,8-11H2. The molecule has 2 aromatic carbocycles. The SMILES string of the molecule is O=C(c1ccccc1O)N1CCN(S(=O)(=O)c2cccc(Br)c2)CC1. The lowest BCUT2D eigenvalue weighted by Gasteiger charge is -2.34. The Kier molecular flexibility index (Phi) is 5.12. The predicted octanol–water partition coefficient (Wildman–Crippen LogP) is 2.30. The van der Waals surface area contributed by atoms with E-state index >= 15 is 0 Å². The molecule has 25 heavy (non-hydrogen) atoms. The van der Waals surface area contributed by atoms with E-state index in [2.05, 4.69) is 15.9 Å². The molecule has 132 valence electrons. The van der Waals surface area contributed by atoms with E-state index in [0.29, 0.717) is 4.47 Å².